The van der Waals surface area contributed by atoms with Crippen molar-refractivity contribution >= 4 is 17.7 Å². The van der Waals surface area contributed by atoms with Gasteiger partial charge in [0, 0.05) is 38.5 Å². The SMILES string of the molecule is Cn1nc(-c2ccccc2)cc1C(=O)N1CC(N2C(=O)CCC2=O)C1. The molecule has 0 spiro atoms. The molecule has 0 saturated carbocycles. The molecular formula is C18H18N4O3. The lowest BCUT2D eigenvalue weighted by molar-refractivity contribution is -0.144. The molecule has 3 heterocycles. The fourth-order valence-corrected chi connectivity index (χ4v) is 3.36. The molecule has 2 fully saturated rings. The maximum atomic E-state index is 12.7. The summed E-state index contributed by atoms with van der Waals surface area (Å²) in [7, 11) is 1.74. The molecule has 2 aliphatic rings. The van der Waals surface area contributed by atoms with Gasteiger partial charge in [-0.25, -0.2) is 0 Å². The van der Waals surface area contributed by atoms with E-state index in [1.54, 1.807) is 22.7 Å². The summed E-state index contributed by atoms with van der Waals surface area (Å²) in [6.07, 6.45) is 0.566. The maximum absolute atomic E-state index is 12.7. The molecule has 0 unspecified atom stereocenters. The molecule has 2 aliphatic heterocycles. The Morgan fingerprint density at radius 2 is 1.72 bits per heavy atom. The van der Waals surface area contributed by atoms with Crippen LogP contribution in [0.1, 0.15) is 23.3 Å². The molecule has 4 rings (SSSR count). The molecular weight excluding hydrogens is 320 g/mol. The first kappa shape index (κ1) is 15.6. The summed E-state index contributed by atoms with van der Waals surface area (Å²) in [6.45, 7) is 0.782. The Balaban J connectivity index is 1.47. The van der Waals surface area contributed by atoms with Crippen molar-refractivity contribution in [1.82, 2.24) is 19.6 Å². The first-order valence-electron chi connectivity index (χ1n) is 8.28. The summed E-state index contributed by atoms with van der Waals surface area (Å²) in [4.78, 5) is 39.2. The van der Waals surface area contributed by atoms with E-state index in [1.807, 2.05) is 30.3 Å². The summed E-state index contributed by atoms with van der Waals surface area (Å²) in [5.41, 5.74) is 2.19. The highest BCUT2D eigenvalue weighted by atomic mass is 16.2. The molecule has 0 bridgehead atoms. The molecule has 128 valence electrons. The Bertz CT molecular complexity index is 836. The number of hydrogen-bond acceptors (Lipinski definition) is 4. The number of carbonyl (C=O) groups is 3. The Hall–Kier alpha value is -2.96. The Kier molecular flexibility index (Phi) is 3.63. The van der Waals surface area contributed by atoms with E-state index in [0.717, 1.165) is 11.3 Å². The van der Waals surface area contributed by atoms with Crippen molar-refractivity contribution in [2.24, 2.45) is 7.05 Å². The van der Waals surface area contributed by atoms with Gasteiger partial charge in [-0.2, -0.15) is 5.10 Å². The van der Waals surface area contributed by atoms with Crippen molar-refractivity contribution in [1.29, 1.82) is 0 Å². The van der Waals surface area contributed by atoms with E-state index >= 15 is 0 Å². The van der Waals surface area contributed by atoms with Gasteiger partial charge in [-0.15, -0.1) is 0 Å². The first-order valence-corrected chi connectivity index (χ1v) is 8.28. The number of amides is 3. The predicted octanol–water partition coefficient (Wildman–Crippen LogP) is 1.06. The number of nitrogens with zero attached hydrogens (tertiary/aromatic N) is 4. The van der Waals surface area contributed by atoms with Crippen LogP contribution in [0.4, 0.5) is 0 Å². The predicted molar refractivity (Wildman–Crippen MR) is 89.4 cm³/mol. The normalized spacial score (nSPS) is 18.0. The van der Waals surface area contributed by atoms with E-state index in [9.17, 15) is 14.4 Å². The molecule has 25 heavy (non-hydrogen) atoms. The topological polar surface area (TPSA) is 75.5 Å². The second-order valence-corrected chi connectivity index (χ2v) is 6.43. The van der Waals surface area contributed by atoms with Crippen molar-refractivity contribution < 1.29 is 14.4 Å². The Morgan fingerprint density at radius 1 is 1.08 bits per heavy atom. The van der Waals surface area contributed by atoms with Crippen LogP contribution in [-0.4, -0.2) is 56.4 Å². The third kappa shape index (κ3) is 2.61. The summed E-state index contributed by atoms with van der Waals surface area (Å²) in [5.74, 6) is -0.393. The molecule has 0 aliphatic carbocycles. The van der Waals surface area contributed by atoms with Crippen molar-refractivity contribution in [3.8, 4) is 11.3 Å². The number of benzene rings is 1. The van der Waals surface area contributed by atoms with Crippen LogP contribution in [0.5, 0.6) is 0 Å². The fraction of sp³-hybridized carbons (Fsp3) is 0.333. The van der Waals surface area contributed by atoms with Crippen LogP contribution in [0.15, 0.2) is 36.4 Å². The number of imide groups is 1. The van der Waals surface area contributed by atoms with Crippen LogP contribution in [0, 0.1) is 0 Å². The Morgan fingerprint density at radius 3 is 2.36 bits per heavy atom. The van der Waals surface area contributed by atoms with Crippen LogP contribution < -0.4 is 0 Å². The van der Waals surface area contributed by atoms with Crippen molar-refractivity contribution in [3.05, 3.63) is 42.1 Å². The molecule has 7 heteroatoms. The minimum Gasteiger partial charge on any atom is -0.333 e. The highest BCUT2D eigenvalue weighted by molar-refractivity contribution is 6.03. The second kappa shape index (κ2) is 5.84. The van der Waals surface area contributed by atoms with Gasteiger partial charge in [0.2, 0.25) is 11.8 Å². The third-order valence-corrected chi connectivity index (χ3v) is 4.77. The van der Waals surface area contributed by atoms with E-state index in [4.69, 9.17) is 0 Å². The van der Waals surface area contributed by atoms with E-state index < -0.39 is 0 Å². The maximum Gasteiger partial charge on any atom is 0.272 e. The molecule has 0 radical (unpaired) electrons. The monoisotopic (exact) mass is 338 g/mol. The van der Waals surface area contributed by atoms with E-state index in [-0.39, 0.29) is 36.6 Å². The number of rotatable bonds is 3. The first-order chi connectivity index (χ1) is 12.0. The Labute approximate surface area is 144 Å². The van der Waals surface area contributed by atoms with Gasteiger partial charge in [0.25, 0.3) is 5.91 Å². The molecule has 1 aromatic heterocycles. The van der Waals surface area contributed by atoms with Crippen LogP contribution in [0.25, 0.3) is 11.3 Å². The van der Waals surface area contributed by atoms with Crippen LogP contribution in [0.3, 0.4) is 0 Å². The summed E-state index contributed by atoms with van der Waals surface area (Å²) >= 11 is 0. The smallest absolute Gasteiger partial charge is 0.272 e. The highest BCUT2D eigenvalue weighted by Gasteiger charge is 2.43. The average Bonchev–Trinajstić information content (AvgIpc) is 3.11. The standard InChI is InChI=1S/C18H18N4O3/c1-20-15(9-14(19-20)12-5-3-2-4-6-12)18(25)21-10-13(11-21)22-16(23)7-8-17(22)24/h2-6,9,13H,7-8,10-11H2,1H3. The number of likely N-dealkylation sites (tertiary alicyclic amines) is 2. The zero-order valence-corrected chi connectivity index (χ0v) is 13.9. The largest absolute Gasteiger partial charge is 0.333 e. The molecule has 0 atom stereocenters. The molecule has 0 N–H and O–H groups in total. The van der Waals surface area contributed by atoms with Crippen molar-refractivity contribution in [2.75, 3.05) is 13.1 Å². The van der Waals surface area contributed by atoms with Crippen LogP contribution in [0.2, 0.25) is 0 Å². The molecule has 1 aromatic carbocycles. The highest BCUT2D eigenvalue weighted by Crippen LogP contribution is 2.25. The molecule has 7 nitrogen and oxygen atoms in total. The van der Waals surface area contributed by atoms with Gasteiger partial charge in [0.05, 0.1) is 11.7 Å². The molecule has 2 aromatic rings. The summed E-state index contributed by atoms with van der Waals surface area (Å²) in [5, 5.41) is 4.41. The minimum absolute atomic E-state index is 0.131. The van der Waals surface area contributed by atoms with Gasteiger partial charge < -0.3 is 4.90 Å². The van der Waals surface area contributed by atoms with E-state index in [2.05, 4.69) is 5.10 Å². The summed E-state index contributed by atoms with van der Waals surface area (Å²) < 4.78 is 1.57. The van der Waals surface area contributed by atoms with Gasteiger partial charge in [-0.05, 0) is 6.07 Å². The lowest BCUT2D eigenvalue weighted by atomic mass is 10.1. The second-order valence-electron chi connectivity index (χ2n) is 6.43. The quantitative estimate of drug-likeness (QED) is 0.784. The number of carbonyl (C=O) groups excluding carboxylic acids is 3. The van der Waals surface area contributed by atoms with Crippen molar-refractivity contribution in [3.63, 3.8) is 0 Å². The average molecular weight is 338 g/mol. The molecule has 2 saturated heterocycles. The number of hydrogen-bond donors (Lipinski definition) is 0. The van der Waals surface area contributed by atoms with E-state index in [0.29, 0.717) is 18.8 Å². The number of aromatic nitrogens is 2. The van der Waals surface area contributed by atoms with Crippen LogP contribution >= 0.6 is 0 Å². The van der Waals surface area contributed by atoms with Gasteiger partial charge >= 0.3 is 0 Å². The van der Waals surface area contributed by atoms with Gasteiger partial charge in [-0.3, -0.25) is 24.0 Å². The van der Waals surface area contributed by atoms with Crippen LogP contribution in [-0.2, 0) is 16.6 Å². The van der Waals surface area contributed by atoms with Gasteiger partial charge in [0.15, 0.2) is 0 Å². The van der Waals surface area contributed by atoms with Crippen molar-refractivity contribution in [2.45, 2.75) is 18.9 Å². The van der Waals surface area contributed by atoms with Gasteiger partial charge in [0.1, 0.15) is 5.69 Å². The third-order valence-electron chi connectivity index (χ3n) is 4.77. The lowest BCUT2D eigenvalue weighted by Crippen LogP contribution is -2.62. The lowest BCUT2D eigenvalue weighted by Gasteiger charge is -2.42. The number of aryl methyl sites for hydroxylation is 1. The molecule has 3 amide bonds. The van der Waals surface area contributed by atoms with E-state index in [1.165, 1.54) is 4.90 Å². The zero-order chi connectivity index (χ0) is 17.6. The fourth-order valence-electron chi connectivity index (χ4n) is 3.36. The zero-order valence-electron chi connectivity index (χ0n) is 13.9. The minimum atomic E-state index is -0.187. The summed E-state index contributed by atoms with van der Waals surface area (Å²) in [6, 6.07) is 11.3. The van der Waals surface area contributed by atoms with Gasteiger partial charge in [-0.1, -0.05) is 30.3 Å².